The number of azo groups is 1. The molecule has 3 aromatic carbocycles. The van der Waals surface area contributed by atoms with Crippen LogP contribution in [0.5, 0.6) is 5.88 Å². The maximum atomic E-state index is 13.2. The summed E-state index contributed by atoms with van der Waals surface area (Å²) in [5.41, 5.74) is -0.581. The summed E-state index contributed by atoms with van der Waals surface area (Å²) in [6.07, 6.45) is 0. The Hall–Kier alpha value is -3.78. The first-order valence-corrected chi connectivity index (χ1v) is 9.75. The first-order valence-electron chi connectivity index (χ1n) is 8.95. The molecule has 30 heavy (non-hydrogen) atoms. The van der Waals surface area contributed by atoms with E-state index in [0.29, 0.717) is 17.1 Å². The predicted molar refractivity (Wildman–Crippen MR) is 118 cm³/mol. The fourth-order valence-corrected chi connectivity index (χ4v) is 3.17. The molecule has 0 spiro atoms. The van der Waals surface area contributed by atoms with Gasteiger partial charge in [-0.05, 0) is 48.5 Å². The number of aromatic nitrogens is 2. The Bertz CT molecular complexity index is 1330. The van der Waals surface area contributed by atoms with Crippen molar-refractivity contribution < 1.29 is 5.11 Å². The number of rotatable bonds is 4. The predicted octanol–water partition coefficient (Wildman–Crippen LogP) is 4.87. The molecule has 148 valence electrons. The summed E-state index contributed by atoms with van der Waals surface area (Å²) in [7, 11) is 0. The van der Waals surface area contributed by atoms with Gasteiger partial charge in [-0.2, -0.15) is 5.11 Å². The second kappa shape index (κ2) is 8.30. The van der Waals surface area contributed by atoms with Crippen LogP contribution in [-0.4, -0.2) is 14.2 Å². The highest BCUT2D eigenvalue weighted by molar-refractivity contribution is 9.10. The molecular weight excluding hydrogens is 448 g/mol. The van der Waals surface area contributed by atoms with Gasteiger partial charge in [0.1, 0.15) is 0 Å². The molecular formula is C22H15BrN4O3. The minimum Gasteiger partial charge on any atom is -0.492 e. The number of para-hydroxylation sites is 2. The van der Waals surface area contributed by atoms with Crippen LogP contribution in [0.25, 0.3) is 11.4 Å². The van der Waals surface area contributed by atoms with Crippen LogP contribution in [-0.2, 0) is 0 Å². The largest absolute Gasteiger partial charge is 0.492 e. The van der Waals surface area contributed by atoms with Crippen molar-refractivity contribution in [3.8, 4) is 17.3 Å². The molecule has 0 saturated heterocycles. The molecule has 0 aliphatic rings. The highest BCUT2D eigenvalue weighted by atomic mass is 79.9. The molecule has 0 amide bonds. The van der Waals surface area contributed by atoms with Crippen molar-refractivity contribution in [3.05, 3.63) is 110 Å². The highest BCUT2D eigenvalue weighted by Gasteiger charge is 2.21. The van der Waals surface area contributed by atoms with Gasteiger partial charge in [-0.3, -0.25) is 4.79 Å². The zero-order valence-corrected chi connectivity index (χ0v) is 17.1. The molecule has 4 aromatic rings. The van der Waals surface area contributed by atoms with Gasteiger partial charge in [-0.1, -0.05) is 52.3 Å². The van der Waals surface area contributed by atoms with E-state index < -0.39 is 17.1 Å². The topological polar surface area (TPSA) is 88.9 Å². The minimum atomic E-state index is -0.767. The standard InChI is InChI=1S/C22H15BrN4O3/c23-15-11-13-16(14-12-15)24-25-19-20(28)26(17-7-3-1-4-8-17)22(30)27(21(19)29)18-9-5-2-6-10-18/h1-14,28H. The Kier molecular flexibility index (Phi) is 5.40. The normalized spacial score (nSPS) is 11.1. The molecule has 0 saturated carbocycles. The lowest BCUT2D eigenvalue weighted by Gasteiger charge is -2.13. The van der Waals surface area contributed by atoms with Crippen LogP contribution < -0.4 is 11.2 Å². The number of benzene rings is 3. The molecule has 8 heteroatoms. The summed E-state index contributed by atoms with van der Waals surface area (Å²) in [6.45, 7) is 0. The molecule has 7 nitrogen and oxygen atoms in total. The molecule has 1 aromatic heterocycles. The lowest BCUT2D eigenvalue weighted by atomic mass is 10.3. The summed E-state index contributed by atoms with van der Waals surface area (Å²) in [5, 5.41) is 18.8. The molecule has 1 N–H and O–H groups in total. The molecule has 1 heterocycles. The van der Waals surface area contributed by atoms with Crippen molar-refractivity contribution in [1.82, 2.24) is 9.13 Å². The van der Waals surface area contributed by atoms with Crippen molar-refractivity contribution >= 4 is 27.3 Å². The zero-order chi connectivity index (χ0) is 21.1. The van der Waals surface area contributed by atoms with Crippen molar-refractivity contribution in [2.75, 3.05) is 0 Å². The molecule has 4 rings (SSSR count). The van der Waals surface area contributed by atoms with Crippen molar-refractivity contribution in [1.29, 1.82) is 0 Å². The first-order chi connectivity index (χ1) is 14.6. The Morgan fingerprint density at radius 3 is 1.80 bits per heavy atom. The second-order valence-corrected chi connectivity index (χ2v) is 7.19. The molecule has 0 atom stereocenters. The molecule has 0 fully saturated rings. The molecule has 0 unspecified atom stereocenters. The van der Waals surface area contributed by atoms with Crippen molar-refractivity contribution in [3.63, 3.8) is 0 Å². The Labute approximate surface area is 179 Å². The van der Waals surface area contributed by atoms with Crippen molar-refractivity contribution in [2.45, 2.75) is 0 Å². The number of nitrogens with zero attached hydrogens (tertiary/aromatic N) is 4. The minimum absolute atomic E-state index is 0.342. The van der Waals surface area contributed by atoms with E-state index in [9.17, 15) is 14.7 Å². The third-order valence-corrected chi connectivity index (χ3v) is 4.86. The number of hydrogen-bond donors (Lipinski definition) is 1. The average Bonchev–Trinajstić information content (AvgIpc) is 2.76. The number of hydrogen-bond acceptors (Lipinski definition) is 5. The molecule has 0 aliphatic heterocycles. The first kappa shape index (κ1) is 19.5. The van der Waals surface area contributed by atoms with Gasteiger partial charge >= 0.3 is 5.69 Å². The van der Waals surface area contributed by atoms with E-state index in [4.69, 9.17) is 0 Å². The van der Waals surface area contributed by atoms with Crippen LogP contribution in [0.4, 0.5) is 11.4 Å². The van der Waals surface area contributed by atoms with Crippen LogP contribution in [0.1, 0.15) is 0 Å². The van der Waals surface area contributed by atoms with E-state index in [1.807, 2.05) is 0 Å². The Balaban J connectivity index is 1.99. The fourth-order valence-electron chi connectivity index (χ4n) is 2.90. The molecule has 0 aliphatic carbocycles. The van der Waals surface area contributed by atoms with E-state index in [0.717, 1.165) is 13.6 Å². The smallest absolute Gasteiger partial charge is 0.343 e. The van der Waals surface area contributed by atoms with Gasteiger partial charge in [0, 0.05) is 4.47 Å². The van der Waals surface area contributed by atoms with Crippen LogP contribution in [0.15, 0.2) is 109 Å². The average molecular weight is 463 g/mol. The quantitative estimate of drug-likeness (QED) is 0.438. The third-order valence-electron chi connectivity index (χ3n) is 4.33. The van der Waals surface area contributed by atoms with Crippen molar-refractivity contribution in [2.24, 2.45) is 10.2 Å². The maximum absolute atomic E-state index is 13.2. The van der Waals surface area contributed by atoms with Gasteiger partial charge in [0.05, 0.1) is 17.1 Å². The third kappa shape index (κ3) is 3.72. The Morgan fingerprint density at radius 2 is 1.23 bits per heavy atom. The monoisotopic (exact) mass is 462 g/mol. The van der Waals surface area contributed by atoms with E-state index in [1.165, 1.54) is 0 Å². The van der Waals surface area contributed by atoms with E-state index in [1.54, 1.807) is 84.9 Å². The summed E-state index contributed by atoms with van der Waals surface area (Å²) in [6, 6.07) is 24.0. The summed E-state index contributed by atoms with van der Waals surface area (Å²) >= 11 is 3.34. The van der Waals surface area contributed by atoms with Crippen LogP contribution in [0.2, 0.25) is 0 Å². The van der Waals surface area contributed by atoms with Crippen LogP contribution in [0, 0.1) is 0 Å². The van der Waals surface area contributed by atoms with Gasteiger partial charge in [0.2, 0.25) is 11.6 Å². The summed E-state index contributed by atoms with van der Waals surface area (Å²) in [5.74, 6) is -0.579. The summed E-state index contributed by atoms with van der Waals surface area (Å²) < 4.78 is 2.86. The highest BCUT2D eigenvalue weighted by Crippen LogP contribution is 2.26. The molecule has 0 bridgehead atoms. The van der Waals surface area contributed by atoms with E-state index in [-0.39, 0.29) is 5.69 Å². The van der Waals surface area contributed by atoms with Gasteiger partial charge in [-0.15, -0.1) is 5.11 Å². The second-order valence-electron chi connectivity index (χ2n) is 6.28. The zero-order valence-electron chi connectivity index (χ0n) is 15.5. The van der Waals surface area contributed by atoms with Gasteiger partial charge in [0.25, 0.3) is 5.56 Å². The van der Waals surface area contributed by atoms with E-state index >= 15 is 0 Å². The van der Waals surface area contributed by atoms with E-state index in [2.05, 4.69) is 26.2 Å². The number of aromatic hydroxyl groups is 1. The lowest BCUT2D eigenvalue weighted by Crippen LogP contribution is -2.37. The van der Waals surface area contributed by atoms with Gasteiger partial charge in [-0.25, -0.2) is 13.9 Å². The summed E-state index contributed by atoms with van der Waals surface area (Å²) in [4.78, 5) is 26.3. The van der Waals surface area contributed by atoms with Gasteiger partial charge < -0.3 is 5.11 Å². The van der Waals surface area contributed by atoms with Crippen LogP contribution in [0.3, 0.4) is 0 Å². The Morgan fingerprint density at radius 1 is 0.700 bits per heavy atom. The SMILES string of the molecule is O=c1c(N=Nc2ccc(Br)cc2)c(O)n(-c2ccccc2)c(=O)n1-c1ccccc1. The van der Waals surface area contributed by atoms with Crippen LogP contribution >= 0.6 is 15.9 Å². The lowest BCUT2D eigenvalue weighted by molar-refractivity contribution is 0.430. The molecule has 0 radical (unpaired) electrons. The van der Waals surface area contributed by atoms with Gasteiger partial charge in [0.15, 0.2) is 0 Å². The number of halogens is 1. The fraction of sp³-hybridized carbons (Fsp3) is 0. The maximum Gasteiger partial charge on any atom is 0.343 e.